The Bertz CT molecular complexity index is 427. The van der Waals surface area contributed by atoms with E-state index in [0.717, 1.165) is 5.56 Å². The molecule has 5 heteroatoms. The minimum absolute atomic E-state index is 0.0306. The fourth-order valence-electron chi connectivity index (χ4n) is 1.19. The Labute approximate surface area is 75.4 Å². The van der Waals surface area contributed by atoms with Gasteiger partial charge in [-0.3, -0.25) is 4.72 Å². The lowest BCUT2D eigenvalue weighted by molar-refractivity contribution is 0.602. The average Bonchev–Trinajstić information content (AvgIpc) is 2.21. The van der Waals surface area contributed by atoms with Gasteiger partial charge >= 0.3 is 0 Å². The van der Waals surface area contributed by atoms with Crippen LogP contribution in [0.25, 0.3) is 0 Å². The van der Waals surface area contributed by atoms with E-state index in [-0.39, 0.29) is 5.75 Å². The van der Waals surface area contributed by atoms with Crippen LogP contribution in [-0.4, -0.2) is 8.42 Å². The normalized spacial score (nSPS) is 18.4. The van der Waals surface area contributed by atoms with Crippen LogP contribution in [0.4, 0.5) is 5.69 Å². The molecule has 0 fully saturated rings. The Morgan fingerprint density at radius 3 is 2.92 bits per heavy atom. The van der Waals surface area contributed by atoms with Gasteiger partial charge in [0.1, 0.15) is 0 Å². The molecule has 1 aromatic carbocycles. The smallest absolute Gasteiger partial charge is 0.237 e. The van der Waals surface area contributed by atoms with Gasteiger partial charge in [-0.2, -0.15) is 0 Å². The summed E-state index contributed by atoms with van der Waals surface area (Å²) in [5.74, 6) is 0.0306. The van der Waals surface area contributed by atoms with Crippen molar-refractivity contribution >= 4 is 27.3 Å². The van der Waals surface area contributed by atoms with E-state index in [1.165, 1.54) is 0 Å². The SMILES string of the molecule is O=S1(=O)Cc2cc(Cl)ccc2N1. The van der Waals surface area contributed by atoms with Crippen molar-refractivity contribution in [1.29, 1.82) is 0 Å². The Balaban J connectivity index is 2.56. The van der Waals surface area contributed by atoms with Gasteiger partial charge in [-0.15, -0.1) is 0 Å². The zero-order valence-electron chi connectivity index (χ0n) is 6.04. The molecular formula is C7H6ClNO2S. The zero-order chi connectivity index (χ0) is 8.77. The number of fused-ring (bicyclic) bond motifs is 1. The van der Waals surface area contributed by atoms with Gasteiger partial charge in [0, 0.05) is 5.02 Å². The van der Waals surface area contributed by atoms with E-state index in [0.29, 0.717) is 10.7 Å². The molecule has 2 rings (SSSR count). The van der Waals surface area contributed by atoms with E-state index in [1.54, 1.807) is 18.2 Å². The third kappa shape index (κ3) is 1.28. The monoisotopic (exact) mass is 203 g/mol. The van der Waals surface area contributed by atoms with Crippen molar-refractivity contribution < 1.29 is 8.42 Å². The minimum Gasteiger partial charge on any atom is -0.283 e. The fourth-order valence-corrected chi connectivity index (χ4v) is 2.64. The van der Waals surface area contributed by atoms with Crippen LogP contribution in [0.2, 0.25) is 5.02 Å². The van der Waals surface area contributed by atoms with Crippen LogP contribution in [0.15, 0.2) is 18.2 Å². The third-order valence-corrected chi connectivity index (χ3v) is 3.14. The summed E-state index contributed by atoms with van der Waals surface area (Å²) in [5, 5.41) is 0.563. The molecule has 0 aliphatic carbocycles. The minimum atomic E-state index is -3.13. The van der Waals surface area contributed by atoms with Crippen LogP contribution in [-0.2, 0) is 15.8 Å². The van der Waals surface area contributed by atoms with E-state index in [9.17, 15) is 8.42 Å². The largest absolute Gasteiger partial charge is 0.283 e. The second-order valence-corrected chi connectivity index (χ2v) is 4.82. The summed E-state index contributed by atoms with van der Waals surface area (Å²) >= 11 is 5.69. The highest BCUT2D eigenvalue weighted by atomic mass is 35.5. The Hall–Kier alpha value is -0.740. The number of hydrogen-bond acceptors (Lipinski definition) is 2. The van der Waals surface area contributed by atoms with Gasteiger partial charge in [0.15, 0.2) is 0 Å². The zero-order valence-corrected chi connectivity index (χ0v) is 7.61. The first-order valence-corrected chi connectivity index (χ1v) is 5.39. The quantitative estimate of drug-likeness (QED) is 0.696. The molecule has 3 nitrogen and oxygen atoms in total. The van der Waals surface area contributed by atoms with Gasteiger partial charge < -0.3 is 0 Å². The number of halogens is 1. The van der Waals surface area contributed by atoms with Crippen molar-refractivity contribution in [3.8, 4) is 0 Å². The van der Waals surface area contributed by atoms with E-state index < -0.39 is 10.0 Å². The topological polar surface area (TPSA) is 46.2 Å². The van der Waals surface area contributed by atoms with Crippen molar-refractivity contribution in [1.82, 2.24) is 0 Å². The molecule has 1 aromatic rings. The number of hydrogen-bond donors (Lipinski definition) is 1. The third-order valence-electron chi connectivity index (χ3n) is 1.68. The molecule has 0 amide bonds. The number of anilines is 1. The Morgan fingerprint density at radius 1 is 1.42 bits per heavy atom. The molecule has 1 N–H and O–H groups in total. The maximum atomic E-state index is 11.0. The molecule has 1 heterocycles. The number of rotatable bonds is 0. The lowest BCUT2D eigenvalue weighted by atomic mass is 10.2. The molecular weight excluding hydrogens is 198 g/mol. The van der Waals surface area contributed by atoms with Crippen molar-refractivity contribution in [2.45, 2.75) is 5.75 Å². The van der Waals surface area contributed by atoms with E-state index in [1.807, 2.05) is 0 Å². The van der Waals surface area contributed by atoms with E-state index >= 15 is 0 Å². The molecule has 0 saturated carbocycles. The van der Waals surface area contributed by atoms with Gasteiger partial charge in [0.2, 0.25) is 10.0 Å². The van der Waals surface area contributed by atoms with Crippen LogP contribution in [0.1, 0.15) is 5.56 Å². The molecule has 12 heavy (non-hydrogen) atoms. The summed E-state index contributed by atoms with van der Waals surface area (Å²) in [7, 11) is -3.13. The van der Waals surface area contributed by atoms with Crippen molar-refractivity contribution in [2.24, 2.45) is 0 Å². The summed E-state index contributed by atoms with van der Waals surface area (Å²) < 4.78 is 24.5. The molecule has 0 atom stereocenters. The molecule has 1 aliphatic heterocycles. The fraction of sp³-hybridized carbons (Fsp3) is 0.143. The van der Waals surface area contributed by atoms with Crippen molar-refractivity contribution in [2.75, 3.05) is 4.72 Å². The second kappa shape index (κ2) is 2.37. The highest BCUT2D eigenvalue weighted by Crippen LogP contribution is 2.28. The number of sulfonamides is 1. The molecule has 64 valence electrons. The first kappa shape index (κ1) is 7.89. The first-order chi connectivity index (χ1) is 5.57. The van der Waals surface area contributed by atoms with Gasteiger partial charge in [-0.05, 0) is 23.8 Å². The van der Waals surface area contributed by atoms with E-state index in [2.05, 4.69) is 4.72 Å². The average molecular weight is 204 g/mol. The molecule has 0 bridgehead atoms. The van der Waals surface area contributed by atoms with Gasteiger partial charge in [-0.25, -0.2) is 8.42 Å². The standard InChI is InChI=1S/C7H6ClNO2S/c8-6-1-2-7-5(3-6)4-12(10,11)9-7/h1-3,9H,4H2. The highest BCUT2D eigenvalue weighted by Gasteiger charge is 2.22. The molecule has 0 unspecified atom stereocenters. The van der Waals surface area contributed by atoms with Crippen LogP contribution >= 0.6 is 11.6 Å². The van der Waals surface area contributed by atoms with Crippen LogP contribution < -0.4 is 4.72 Å². The van der Waals surface area contributed by atoms with Crippen molar-refractivity contribution in [3.63, 3.8) is 0 Å². The Morgan fingerprint density at radius 2 is 2.17 bits per heavy atom. The van der Waals surface area contributed by atoms with Gasteiger partial charge in [-0.1, -0.05) is 11.6 Å². The summed E-state index contributed by atoms with van der Waals surface area (Å²) in [4.78, 5) is 0. The lowest BCUT2D eigenvalue weighted by Gasteiger charge is -1.95. The first-order valence-electron chi connectivity index (χ1n) is 3.36. The van der Waals surface area contributed by atoms with Gasteiger partial charge in [0.25, 0.3) is 0 Å². The summed E-state index contributed by atoms with van der Waals surface area (Å²) in [6.07, 6.45) is 0. The second-order valence-electron chi connectivity index (χ2n) is 2.66. The Kier molecular flexibility index (Phi) is 1.56. The number of nitrogens with one attached hydrogen (secondary N) is 1. The predicted octanol–water partition coefficient (Wildman–Crippen LogP) is 1.60. The lowest BCUT2D eigenvalue weighted by Crippen LogP contribution is -2.05. The van der Waals surface area contributed by atoms with Crippen LogP contribution in [0.3, 0.4) is 0 Å². The molecule has 1 aliphatic rings. The summed E-state index contributed by atoms with van der Waals surface area (Å²) in [5.41, 5.74) is 1.38. The highest BCUT2D eigenvalue weighted by molar-refractivity contribution is 7.92. The summed E-state index contributed by atoms with van der Waals surface area (Å²) in [6, 6.07) is 4.99. The molecule has 0 spiro atoms. The molecule has 0 aromatic heterocycles. The van der Waals surface area contributed by atoms with Crippen molar-refractivity contribution in [3.05, 3.63) is 28.8 Å². The predicted molar refractivity (Wildman–Crippen MR) is 47.7 cm³/mol. The van der Waals surface area contributed by atoms with E-state index in [4.69, 9.17) is 11.6 Å². The van der Waals surface area contributed by atoms with Crippen LogP contribution in [0, 0.1) is 0 Å². The van der Waals surface area contributed by atoms with Crippen LogP contribution in [0.5, 0.6) is 0 Å². The van der Waals surface area contributed by atoms with Gasteiger partial charge in [0.05, 0.1) is 11.4 Å². The maximum Gasteiger partial charge on any atom is 0.237 e. The maximum absolute atomic E-state index is 11.0. The molecule has 0 radical (unpaired) electrons. The molecule has 0 saturated heterocycles. The summed E-state index contributed by atoms with van der Waals surface area (Å²) in [6.45, 7) is 0. The number of benzene rings is 1.